The van der Waals surface area contributed by atoms with Gasteiger partial charge in [-0.2, -0.15) is 0 Å². The Labute approximate surface area is 127 Å². The fraction of sp³-hybridized carbons (Fsp3) is 0.0588. The Bertz CT molecular complexity index is 851. The molecule has 3 rings (SSSR count). The van der Waals surface area contributed by atoms with Gasteiger partial charge in [-0.25, -0.2) is 4.79 Å². The molecule has 0 aliphatic rings. The first-order valence-corrected chi connectivity index (χ1v) is 7.08. The lowest BCUT2D eigenvalue weighted by atomic mass is 10.1. The fourth-order valence-corrected chi connectivity index (χ4v) is 2.49. The second kappa shape index (κ2) is 5.89. The van der Waals surface area contributed by atoms with Crippen LogP contribution in [0.25, 0.3) is 11.3 Å². The summed E-state index contributed by atoms with van der Waals surface area (Å²) in [5.74, 6) is 0. The van der Waals surface area contributed by atoms with Crippen molar-refractivity contribution in [2.45, 2.75) is 6.54 Å². The lowest BCUT2D eigenvalue weighted by Crippen LogP contribution is -2.25. The van der Waals surface area contributed by atoms with Gasteiger partial charge in [0, 0.05) is 0 Å². The molecule has 0 aliphatic heterocycles. The molecule has 0 unspecified atom stereocenters. The number of hydrogen-bond donors (Lipinski definition) is 1. The number of benzene rings is 2. The molecule has 104 valence electrons. The quantitative estimate of drug-likeness (QED) is 0.749. The number of aromatic amines is 1. The Morgan fingerprint density at radius 1 is 0.952 bits per heavy atom. The van der Waals surface area contributed by atoms with E-state index in [1.54, 1.807) is 4.57 Å². The minimum Gasteiger partial charge on any atom is -0.298 e. The smallest absolute Gasteiger partial charge is 0.298 e. The molecule has 4 heteroatoms. The molecule has 0 saturated heterocycles. The zero-order chi connectivity index (χ0) is 14.7. The van der Waals surface area contributed by atoms with E-state index in [0.717, 1.165) is 16.8 Å². The van der Waals surface area contributed by atoms with Crippen LogP contribution in [-0.4, -0.2) is 9.55 Å². The van der Waals surface area contributed by atoms with Crippen LogP contribution >= 0.6 is 12.2 Å². The zero-order valence-electron chi connectivity index (χ0n) is 11.3. The van der Waals surface area contributed by atoms with Gasteiger partial charge in [-0.15, -0.1) is 0 Å². The van der Waals surface area contributed by atoms with Crippen LogP contribution < -0.4 is 5.69 Å². The van der Waals surface area contributed by atoms with Crippen molar-refractivity contribution in [2.24, 2.45) is 0 Å². The molecule has 0 aliphatic carbocycles. The van der Waals surface area contributed by atoms with Crippen molar-refractivity contribution in [1.29, 1.82) is 0 Å². The van der Waals surface area contributed by atoms with Crippen molar-refractivity contribution >= 4 is 12.2 Å². The van der Waals surface area contributed by atoms with E-state index in [4.69, 9.17) is 12.2 Å². The minimum absolute atomic E-state index is 0.190. The van der Waals surface area contributed by atoms with Crippen LogP contribution in [0.3, 0.4) is 0 Å². The van der Waals surface area contributed by atoms with E-state index in [1.165, 1.54) is 0 Å². The Kier molecular flexibility index (Phi) is 3.79. The molecule has 1 aromatic heterocycles. The van der Waals surface area contributed by atoms with Gasteiger partial charge in [-0.3, -0.25) is 9.55 Å². The maximum Gasteiger partial charge on any atom is 0.327 e. The molecule has 0 saturated carbocycles. The summed E-state index contributed by atoms with van der Waals surface area (Å²) in [5.41, 5.74) is 2.69. The standard InChI is InChI=1S/C17H14N2OS/c20-17-18-16(21)11-15(14-9-5-2-6-10-14)19(17)12-13-7-3-1-4-8-13/h1-11H,12H2,(H,18,20,21). The summed E-state index contributed by atoms with van der Waals surface area (Å²) < 4.78 is 2.16. The van der Waals surface area contributed by atoms with Gasteiger partial charge in [0.25, 0.3) is 0 Å². The number of hydrogen-bond acceptors (Lipinski definition) is 2. The third-order valence-electron chi connectivity index (χ3n) is 3.29. The highest BCUT2D eigenvalue weighted by Gasteiger charge is 2.07. The summed E-state index contributed by atoms with van der Waals surface area (Å²) in [4.78, 5) is 15.0. The summed E-state index contributed by atoms with van der Waals surface area (Å²) in [6.45, 7) is 0.510. The maximum absolute atomic E-state index is 12.3. The normalized spacial score (nSPS) is 10.5. The van der Waals surface area contributed by atoms with Crippen molar-refractivity contribution in [3.63, 3.8) is 0 Å². The molecule has 21 heavy (non-hydrogen) atoms. The lowest BCUT2D eigenvalue weighted by molar-refractivity contribution is 0.733. The van der Waals surface area contributed by atoms with E-state index >= 15 is 0 Å². The first-order valence-electron chi connectivity index (χ1n) is 6.67. The van der Waals surface area contributed by atoms with Gasteiger partial charge < -0.3 is 0 Å². The second-order valence-electron chi connectivity index (χ2n) is 4.76. The van der Waals surface area contributed by atoms with E-state index in [0.29, 0.717) is 11.2 Å². The van der Waals surface area contributed by atoms with E-state index in [1.807, 2.05) is 66.7 Å². The summed E-state index contributed by atoms with van der Waals surface area (Å²) in [6, 6.07) is 21.5. The molecule has 0 spiro atoms. The number of H-pyrrole nitrogens is 1. The third-order valence-corrected chi connectivity index (χ3v) is 3.51. The molecule has 1 N–H and O–H groups in total. The van der Waals surface area contributed by atoms with Gasteiger partial charge in [0.1, 0.15) is 4.64 Å². The molecule has 3 aromatic rings. The number of aromatic nitrogens is 2. The Balaban J connectivity index is 2.16. The molecule has 2 aromatic carbocycles. The third kappa shape index (κ3) is 3.01. The van der Waals surface area contributed by atoms with Gasteiger partial charge >= 0.3 is 5.69 Å². The van der Waals surface area contributed by atoms with E-state index in [-0.39, 0.29) is 5.69 Å². The highest BCUT2D eigenvalue weighted by Crippen LogP contribution is 2.18. The first-order chi connectivity index (χ1) is 10.2. The summed E-state index contributed by atoms with van der Waals surface area (Å²) in [5, 5.41) is 0. The summed E-state index contributed by atoms with van der Waals surface area (Å²) in [7, 11) is 0. The Hall–Kier alpha value is -2.46. The molecule has 0 radical (unpaired) electrons. The predicted molar refractivity (Wildman–Crippen MR) is 86.9 cm³/mol. The molecule has 3 nitrogen and oxygen atoms in total. The van der Waals surface area contributed by atoms with Crippen LogP contribution in [0.5, 0.6) is 0 Å². The molecule has 0 atom stereocenters. The van der Waals surface area contributed by atoms with Crippen molar-refractivity contribution in [1.82, 2.24) is 9.55 Å². The lowest BCUT2D eigenvalue weighted by Gasteiger charge is -2.12. The van der Waals surface area contributed by atoms with Gasteiger partial charge in [0.05, 0.1) is 12.2 Å². The number of nitrogens with one attached hydrogen (secondary N) is 1. The van der Waals surface area contributed by atoms with Crippen molar-refractivity contribution in [3.05, 3.63) is 87.4 Å². The van der Waals surface area contributed by atoms with Crippen LogP contribution in [0.4, 0.5) is 0 Å². The second-order valence-corrected chi connectivity index (χ2v) is 5.20. The average Bonchev–Trinajstić information content (AvgIpc) is 2.51. The van der Waals surface area contributed by atoms with Crippen molar-refractivity contribution < 1.29 is 0 Å². The van der Waals surface area contributed by atoms with Gasteiger partial charge in [-0.05, 0) is 17.2 Å². The van der Waals surface area contributed by atoms with Gasteiger partial charge in [0.15, 0.2) is 0 Å². The van der Waals surface area contributed by atoms with Gasteiger partial charge in [-0.1, -0.05) is 72.9 Å². The summed E-state index contributed by atoms with van der Waals surface area (Å²) >= 11 is 5.14. The van der Waals surface area contributed by atoms with E-state index in [2.05, 4.69) is 4.98 Å². The van der Waals surface area contributed by atoms with E-state index < -0.39 is 0 Å². The van der Waals surface area contributed by atoms with Crippen LogP contribution in [0.1, 0.15) is 5.56 Å². The SMILES string of the molecule is O=c1[nH]c(=S)cc(-c2ccccc2)n1Cc1ccccc1. The Morgan fingerprint density at radius 3 is 2.24 bits per heavy atom. The molecule has 1 heterocycles. The van der Waals surface area contributed by atoms with Crippen molar-refractivity contribution in [3.8, 4) is 11.3 Å². The predicted octanol–water partition coefficient (Wildman–Crippen LogP) is 3.62. The average molecular weight is 294 g/mol. The largest absolute Gasteiger partial charge is 0.327 e. The van der Waals surface area contributed by atoms with Crippen LogP contribution in [0.15, 0.2) is 71.5 Å². The topological polar surface area (TPSA) is 37.8 Å². The number of rotatable bonds is 3. The van der Waals surface area contributed by atoms with Crippen molar-refractivity contribution in [2.75, 3.05) is 0 Å². The molecular formula is C17H14N2OS. The van der Waals surface area contributed by atoms with E-state index in [9.17, 15) is 4.79 Å². The maximum atomic E-state index is 12.3. The minimum atomic E-state index is -0.190. The molecule has 0 bridgehead atoms. The fourth-order valence-electron chi connectivity index (χ4n) is 2.29. The molecule has 0 amide bonds. The Morgan fingerprint density at radius 2 is 1.57 bits per heavy atom. The highest BCUT2D eigenvalue weighted by atomic mass is 32.1. The first kappa shape index (κ1) is 13.5. The van der Waals surface area contributed by atoms with Crippen LogP contribution in [0.2, 0.25) is 0 Å². The van der Waals surface area contributed by atoms with Crippen LogP contribution in [0, 0.1) is 4.64 Å². The number of nitrogens with zero attached hydrogens (tertiary/aromatic N) is 1. The van der Waals surface area contributed by atoms with Crippen LogP contribution in [-0.2, 0) is 6.54 Å². The monoisotopic (exact) mass is 294 g/mol. The zero-order valence-corrected chi connectivity index (χ0v) is 12.1. The molecular weight excluding hydrogens is 280 g/mol. The molecule has 0 fully saturated rings. The summed E-state index contributed by atoms with van der Waals surface area (Å²) in [6.07, 6.45) is 0. The highest BCUT2D eigenvalue weighted by molar-refractivity contribution is 7.71. The van der Waals surface area contributed by atoms with Gasteiger partial charge in [0.2, 0.25) is 0 Å².